The summed E-state index contributed by atoms with van der Waals surface area (Å²) >= 11 is 0. The first kappa shape index (κ1) is 17.5. The van der Waals surface area contributed by atoms with Crippen LogP contribution in [0.5, 0.6) is 0 Å². The monoisotopic (exact) mass is 368 g/mol. The number of ether oxygens (including phenoxy) is 1. The Kier molecular flexibility index (Phi) is 4.68. The summed E-state index contributed by atoms with van der Waals surface area (Å²) in [6.07, 6.45) is 7.94. The topological polar surface area (TPSA) is 56.9 Å². The van der Waals surface area contributed by atoms with Crippen molar-refractivity contribution in [2.24, 2.45) is 0 Å². The fraction of sp³-hybridized carbons (Fsp3) is 0.421. The average Bonchev–Trinajstić information content (AvgIpc) is 3.16. The van der Waals surface area contributed by atoms with Crippen molar-refractivity contribution in [1.82, 2.24) is 24.4 Å². The molecule has 0 amide bonds. The molecule has 0 aliphatic carbocycles. The summed E-state index contributed by atoms with van der Waals surface area (Å²) in [6, 6.07) is 6.76. The molecule has 0 aromatic carbocycles. The van der Waals surface area contributed by atoms with E-state index in [1.54, 1.807) is 6.33 Å². The first-order valence-electron chi connectivity index (χ1n) is 9.13. The highest BCUT2D eigenvalue weighted by molar-refractivity contribution is 6.76. The Morgan fingerprint density at radius 3 is 2.73 bits per heavy atom. The maximum atomic E-state index is 5.89. The van der Waals surface area contributed by atoms with Crippen LogP contribution in [0.15, 0.2) is 37.1 Å². The van der Waals surface area contributed by atoms with Crippen molar-refractivity contribution in [3.05, 3.63) is 43.1 Å². The van der Waals surface area contributed by atoms with E-state index < -0.39 is 8.07 Å². The molecule has 1 saturated heterocycles. The maximum absolute atomic E-state index is 5.89. The van der Waals surface area contributed by atoms with Crippen LogP contribution in [0.25, 0.3) is 22.3 Å². The van der Waals surface area contributed by atoms with E-state index in [-0.39, 0.29) is 0 Å². The molecule has 0 bridgehead atoms. The number of aromatic nitrogens is 4. The van der Waals surface area contributed by atoms with Gasteiger partial charge in [0.2, 0.25) is 0 Å². The van der Waals surface area contributed by atoms with Crippen LogP contribution in [0.4, 0.5) is 0 Å². The van der Waals surface area contributed by atoms with Crippen molar-refractivity contribution < 1.29 is 4.74 Å². The van der Waals surface area contributed by atoms with E-state index in [0.717, 1.165) is 42.0 Å². The maximum Gasteiger partial charge on any atom is 0.145 e. The van der Waals surface area contributed by atoms with E-state index in [1.165, 1.54) is 12.1 Å². The fourth-order valence-electron chi connectivity index (χ4n) is 3.03. The van der Waals surface area contributed by atoms with Crippen molar-refractivity contribution in [1.29, 1.82) is 0 Å². The lowest BCUT2D eigenvalue weighted by molar-refractivity contribution is 0.0899. The number of fused-ring (bicyclic) bond motifs is 1. The second-order valence-corrected chi connectivity index (χ2v) is 13.7. The highest BCUT2D eigenvalue weighted by Gasteiger charge is 2.20. The Hall–Kier alpha value is -1.96. The van der Waals surface area contributed by atoms with E-state index >= 15 is 0 Å². The molecule has 137 valence electrons. The highest BCUT2D eigenvalue weighted by Crippen LogP contribution is 2.27. The molecule has 0 spiro atoms. The molecule has 3 aromatic rings. The van der Waals surface area contributed by atoms with E-state index in [0.29, 0.717) is 6.73 Å². The molecule has 1 aliphatic rings. The van der Waals surface area contributed by atoms with Gasteiger partial charge in [-0.3, -0.25) is 0 Å². The van der Waals surface area contributed by atoms with Crippen LogP contribution in [-0.2, 0) is 11.5 Å². The fourth-order valence-corrected chi connectivity index (χ4v) is 3.79. The Morgan fingerprint density at radius 1 is 1.15 bits per heavy atom. The zero-order valence-electron chi connectivity index (χ0n) is 15.7. The van der Waals surface area contributed by atoms with Gasteiger partial charge in [-0.15, -0.1) is 0 Å². The number of hydrogen-bond acceptors (Lipinski definition) is 4. The van der Waals surface area contributed by atoms with E-state index in [9.17, 15) is 0 Å². The van der Waals surface area contributed by atoms with Gasteiger partial charge in [-0.25, -0.2) is 9.97 Å². The molecule has 1 aliphatic heterocycles. The number of hydrogen-bond donors (Lipinski definition) is 1. The van der Waals surface area contributed by atoms with Crippen LogP contribution in [-0.4, -0.2) is 46.9 Å². The van der Waals surface area contributed by atoms with Crippen molar-refractivity contribution in [2.75, 3.05) is 19.7 Å². The predicted molar refractivity (Wildman–Crippen MR) is 107 cm³/mol. The Bertz CT molecular complexity index is 891. The minimum atomic E-state index is -1.06. The van der Waals surface area contributed by atoms with Crippen molar-refractivity contribution in [3.8, 4) is 11.3 Å². The third-order valence-corrected chi connectivity index (χ3v) is 6.48. The smallest absolute Gasteiger partial charge is 0.145 e. The molecule has 1 N–H and O–H groups in total. The highest BCUT2D eigenvalue weighted by atomic mass is 28.3. The molecule has 0 saturated carbocycles. The van der Waals surface area contributed by atoms with Gasteiger partial charge in [0.05, 0.1) is 11.7 Å². The summed E-state index contributed by atoms with van der Waals surface area (Å²) in [6.45, 7) is 10.4. The Labute approximate surface area is 155 Å². The quantitative estimate of drug-likeness (QED) is 0.514. The van der Waals surface area contributed by atoms with E-state index in [2.05, 4.69) is 68.6 Å². The minimum Gasteiger partial charge on any atom is -0.361 e. The molecule has 1 radical (unpaired) electrons. The van der Waals surface area contributed by atoms with Crippen LogP contribution in [0.1, 0.15) is 0 Å². The summed E-state index contributed by atoms with van der Waals surface area (Å²) in [4.78, 5) is 9.02. The molecule has 0 atom stereocenters. The van der Waals surface area contributed by atoms with Gasteiger partial charge in [-0.1, -0.05) is 19.6 Å². The second-order valence-electron chi connectivity index (χ2n) is 8.07. The van der Waals surface area contributed by atoms with Gasteiger partial charge in [-0.2, -0.15) is 0 Å². The van der Waals surface area contributed by atoms with Gasteiger partial charge in [0, 0.05) is 57.3 Å². The first-order valence-corrected chi connectivity index (χ1v) is 12.8. The lowest BCUT2D eigenvalue weighted by Crippen LogP contribution is -2.43. The molecule has 1 fully saturated rings. The Balaban J connectivity index is 1.52. The van der Waals surface area contributed by atoms with Crippen molar-refractivity contribution in [2.45, 2.75) is 32.4 Å². The van der Waals surface area contributed by atoms with Gasteiger partial charge in [0.1, 0.15) is 18.7 Å². The number of rotatable bonds is 7. The molecule has 4 heterocycles. The van der Waals surface area contributed by atoms with Crippen LogP contribution < -0.4 is 5.32 Å². The van der Waals surface area contributed by atoms with Gasteiger partial charge in [-0.05, 0) is 18.2 Å². The molecule has 26 heavy (non-hydrogen) atoms. The van der Waals surface area contributed by atoms with Crippen LogP contribution in [0.3, 0.4) is 0 Å². The summed E-state index contributed by atoms with van der Waals surface area (Å²) in [5, 5.41) is 4.34. The first-order chi connectivity index (χ1) is 12.5. The van der Waals surface area contributed by atoms with E-state index in [1.807, 2.05) is 6.20 Å². The molecular weight excluding hydrogens is 342 g/mol. The lowest BCUT2D eigenvalue weighted by atomic mass is 10.1. The molecule has 7 heteroatoms. The standard InChI is InChI=1S/C19H26N5OSi/c1-26(2,3)9-8-25-14-24-7-5-17-18(21-13-22-19(17)24)15-4-6-23(12-15)16-10-20-11-16/h4-7,12-13,20H,8-11,14H2,1-3H3. The zero-order valence-corrected chi connectivity index (χ0v) is 16.7. The average molecular weight is 369 g/mol. The second kappa shape index (κ2) is 6.98. The summed E-state index contributed by atoms with van der Waals surface area (Å²) < 4.78 is 10.1. The molecule has 4 rings (SSSR count). The summed E-state index contributed by atoms with van der Waals surface area (Å²) in [5.41, 5.74) is 3.02. The van der Waals surface area contributed by atoms with Gasteiger partial charge < -0.3 is 19.2 Å². The molecule has 3 aromatic heterocycles. The SMILES string of the molecule is C[Si](C)(C)CCOCn1ccc2c(-c3ccn([C]4CNC4)c3)ncnc21. The molecular formula is C19H26N5OSi. The number of nitrogens with zero attached hydrogens (tertiary/aromatic N) is 4. The molecule has 6 nitrogen and oxygen atoms in total. The Morgan fingerprint density at radius 2 is 2.00 bits per heavy atom. The molecule has 0 unspecified atom stereocenters. The van der Waals surface area contributed by atoms with Gasteiger partial charge in [0.25, 0.3) is 0 Å². The van der Waals surface area contributed by atoms with Crippen molar-refractivity contribution >= 4 is 19.1 Å². The normalized spacial score (nSPS) is 15.5. The summed E-state index contributed by atoms with van der Waals surface area (Å²) in [5.74, 6) is 0. The van der Waals surface area contributed by atoms with Crippen LogP contribution in [0.2, 0.25) is 25.7 Å². The van der Waals surface area contributed by atoms with E-state index in [4.69, 9.17) is 4.74 Å². The largest absolute Gasteiger partial charge is 0.361 e. The number of nitrogens with one attached hydrogen (secondary N) is 1. The van der Waals surface area contributed by atoms with Gasteiger partial charge >= 0.3 is 0 Å². The third-order valence-electron chi connectivity index (χ3n) is 4.77. The van der Waals surface area contributed by atoms with Crippen LogP contribution in [0, 0.1) is 6.04 Å². The summed E-state index contributed by atoms with van der Waals surface area (Å²) in [7, 11) is -1.06. The lowest BCUT2D eigenvalue weighted by Gasteiger charge is -2.27. The minimum absolute atomic E-state index is 0.537. The van der Waals surface area contributed by atoms with Crippen LogP contribution >= 0.6 is 0 Å². The van der Waals surface area contributed by atoms with Crippen molar-refractivity contribution in [3.63, 3.8) is 0 Å². The van der Waals surface area contributed by atoms with Gasteiger partial charge in [0.15, 0.2) is 0 Å². The third kappa shape index (κ3) is 3.60. The zero-order chi connectivity index (χ0) is 18.1. The predicted octanol–water partition coefficient (Wildman–Crippen LogP) is 3.20.